The number of benzene rings is 1. The highest BCUT2D eigenvalue weighted by Gasteiger charge is 2.25. The summed E-state index contributed by atoms with van der Waals surface area (Å²) in [7, 11) is 0. The van der Waals surface area contributed by atoms with Crippen LogP contribution in [0.4, 0.5) is 4.39 Å². The van der Waals surface area contributed by atoms with Gasteiger partial charge >= 0.3 is 5.97 Å². The molecule has 1 aliphatic heterocycles. The quantitative estimate of drug-likeness (QED) is 0.887. The van der Waals surface area contributed by atoms with E-state index < -0.39 is 17.8 Å². The number of nitrogens with zero attached hydrogens (tertiary/aromatic N) is 1. The molecule has 0 saturated carbocycles. The van der Waals surface area contributed by atoms with Crippen LogP contribution in [0.3, 0.4) is 0 Å². The third kappa shape index (κ3) is 2.20. The van der Waals surface area contributed by atoms with Crippen molar-refractivity contribution >= 4 is 34.4 Å². The van der Waals surface area contributed by atoms with Gasteiger partial charge in [0, 0.05) is 11.3 Å². The molecule has 0 saturated heterocycles. The Morgan fingerprint density at radius 1 is 1.62 bits per heavy atom. The van der Waals surface area contributed by atoms with E-state index in [-0.39, 0.29) is 5.02 Å². The standard InChI is InChI=1S/C10H7ClFNO2S/c11-6-2-1-5(3-7(6)12)9-13-8(4-16-9)10(14)15/h1-3,8H,4H2,(H,14,15). The SMILES string of the molecule is O=C(O)C1CSC(c2ccc(Cl)c(F)c2)=N1. The van der Waals surface area contributed by atoms with E-state index in [2.05, 4.69) is 4.99 Å². The van der Waals surface area contributed by atoms with Crippen molar-refractivity contribution in [3.05, 3.63) is 34.6 Å². The fourth-order valence-corrected chi connectivity index (χ4v) is 2.43. The Hall–Kier alpha value is -1.07. The summed E-state index contributed by atoms with van der Waals surface area (Å²) >= 11 is 6.86. The van der Waals surface area contributed by atoms with Gasteiger partial charge in [0.05, 0.1) is 10.1 Å². The molecule has 0 amide bonds. The lowest BCUT2D eigenvalue weighted by molar-refractivity contribution is -0.137. The Labute approximate surface area is 100 Å². The molecule has 0 radical (unpaired) electrons. The van der Waals surface area contributed by atoms with Gasteiger partial charge in [-0.25, -0.2) is 9.18 Å². The predicted octanol–water partition coefficient (Wildman–Crippen LogP) is 2.43. The highest BCUT2D eigenvalue weighted by atomic mass is 35.5. The molecule has 6 heteroatoms. The number of thioether (sulfide) groups is 1. The van der Waals surface area contributed by atoms with Crippen LogP contribution in [0.25, 0.3) is 0 Å². The van der Waals surface area contributed by atoms with Crippen LogP contribution < -0.4 is 0 Å². The monoisotopic (exact) mass is 259 g/mol. The highest BCUT2D eigenvalue weighted by Crippen LogP contribution is 2.25. The van der Waals surface area contributed by atoms with Gasteiger partial charge < -0.3 is 5.11 Å². The first kappa shape index (κ1) is 11.4. The lowest BCUT2D eigenvalue weighted by Gasteiger charge is -2.00. The molecule has 0 aromatic heterocycles. The number of halogens is 2. The zero-order valence-electron chi connectivity index (χ0n) is 7.98. The molecule has 0 spiro atoms. The van der Waals surface area contributed by atoms with Gasteiger partial charge in [0.2, 0.25) is 0 Å². The van der Waals surface area contributed by atoms with Crippen LogP contribution in [-0.2, 0) is 4.79 Å². The first-order valence-corrected chi connectivity index (χ1v) is 5.83. The predicted molar refractivity (Wildman–Crippen MR) is 61.8 cm³/mol. The van der Waals surface area contributed by atoms with Crippen molar-refractivity contribution in [2.75, 3.05) is 5.75 Å². The topological polar surface area (TPSA) is 49.7 Å². The van der Waals surface area contributed by atoms with Crippen LogP contribution in [0, 0.1) is 5.82 Å². The fourth-order valence-electron chi connectivity index (χ4n) is 1.29. The molecule has 1 unspecified atom stereocenters. The van der Waals surface area contributed by atoms with E-state index >= 15 is 0 Å². The molecule has 1 heterocycles. The van der Waals surface area contributed by atoms with Gasteiger partial charge in [-0.2, -0.15) is 0 Å². The minimum atomic E-state index is -0.961. The van der Waals surface area contributed by atoms with Gasteiger partial charge in [-0.15, -0.1) is 11.8 Å². The van der Waals surface area contributed by atoms with E-state index in [1.807, 2.05) is 0 Å². The second-order valence-electron chi connectivity index (χ2n) is 3.23. The largest absolute Gasteiger partial charge is 0.480 e. The summed E-state index contributed by atoms with van der Waals surface area (Å²) in [5, 5.41) is 9.35. The van der Waals surface area contributed by atoms with Crippen LogP contribution in [0.2, 0.25) is 5.02 Å². The third-order valence-corrected chi connectivity index (χ3v) is 3.51. The molecule has 16 heavy (non-hydrogen) atoms. The maximum absolute atomic E-state index is 13.2. The summed E-state index contributed by atoms with van der Waals surface area (Å²) in [4.78, 5) is 14.7. The maximum Gasteiger partial charge on any atom is 0.329 e. The number of aliphatic imine (C=N–C) groups is 1. The molecule has 1 N–H and O–H groups in total. The molecule has 1 atom stereocenters. The third-order valence-electron chi connectivity index (χ3n) is 2.10. The Balaban J connectivity index is 2.29. The molecule has 1 aliphatic rings. The normalized spacial score (nSPS) is 19.6. The molecule has 84 valence electrons. The molecule has 2 rings (SSSR count). The number of hydrogen-bond acceptors (Lipinski definition) is 3. The highest BCUT2D eigenvalue weighted by molar-refractivity contribution is 8.14. The maximum atomic E-state index is 13.2. The van der Waals surface area contributed by atoms with Crippen molar-refractivity contribution in [3.8, 4) is 0 Å². The van der Waals surface area contributed by atoms with Crippen molar-refractivity contribution in [2.45, 2.75) is 6.04 Å². The number of carboxylic acids is 1. The van der Waals surface area contributed by atoms with Crippen molar-refractivity contribution in [1.82, 2.24) is 0 Å². The van der Waals surface area contributed by atoms with Crippen LogP contribution in [0.15, 0.2) is 23.2 Å². The van der Waals surface area contributed by atoms with Crippen molar-refractivity contribution in [3.63, 3.8) is 0 Å². The Morgan fingerprint density at radius 2 is 2.38 bits per heavy atom. The van der Waals surface area contributed by atoms with Crippen LogP contribution in [0.1, 0.15) is 5.56 Å². The molecule has 1 aromatic carbocycles. The molecular formula is C10H7ClFNO2S. The molecule has 1 aromatic rings. The lowest BCUT2D eigenvalue weighted by atomic mass is 10.2. The van der Waals surface area contributed by atoms with Crippen molar-refractivity contribution in [2.24, 2.45) is 4.99 Å². The smallest absolute Gasteiger partial charge is 0.329 e. The van der Waals surface area contributed by atoms with E-state index in [0.717, 1.165) is 0 Å². The average molecular weight is 260 g/mol. The minimum Gasteiger partial charge on any atom is -0.480 e. The zero-order valence-corrected chi connectivity index (χ0v) is 9.56. The summed E-state index contributed by atoms with van der Waals surface area (Å²) in [6, 6.07) is 3.59. The van der Waals surface area contributed by atoms with E-state index in [9.17, 15) is 9.18 Å². The van der Waals surface area contributed by atoms with Crippen LogP contribution >= 0.6 is 23.4 Å². The second-order valence-corrected chi connectivity index (χ2v) is 4.64. The van der Waals surface area contributed by atoms with Gasteiger partial charge in [-0.3, -0.25) is 4.99 Å². The molecule has 0 bridgehead atoms. The lowest BCUT2D eigenvalue weighted by Crippen LogP contribution is -2.17. The van der Waals surface area contributed by atoms with Gasteiger partial charge in [0.1, 0.15) is 5.82 Å². The van der Waals surface area contributed by atoms with E-state index in [1.54, 1.807) is 6.07 Å². The Bertz CT molecular complexity index is 478. The van der Waals surface area contributed by atoms with E-state index in [0.29, 0.717) is 16.4 Å². The fraction of sp³-hybridized carbons (Fsp3) is 0.200. The van der Waals surface area contributed by atoms with Gasteiger partial charge in [0.25, 0.3) is 0 Å². The average Bonchev–Trinajstić information content (AvgIpc) is 2.71. The Morgan fingerprint density at radius 3 is 2.94 bits per heavy atom. The molecule has 0 fully saturated rings. The van der Waals surface area contributed by atoms with Gasteiger partial charge in [-0.05, 0) is 12.1 Å². The number of aliphatic carboxylic acids is 1. The Kier molecular flexibility index (Phi) is 3.16. The number of rotatable bonds is 2. The van der Waals surface area contributed by atoms with Crippen molar-refractivity contribution in [1.29, 1.82) is 0 Å². The minimum absolute atomic E-state index is 0.0436. The van der Waals surface area contributed by atoms with Gasteiger partial charge in [-0.1, -0.05) is 17.7 Å². The van der Waals surface area contributed by atoms with Gasteiger partial charge in [0.15, 0.2) is 6.04 Å². The van der Waals surface area contributed by atoms with Crippen LogP contribution in [-0.4, -0.2) is 27.9 Å². The zero-order chi connectivity index (χ0) is 11.7. The molecular weight excluding hydrogens is 253 g/mol. The number of hydrogen-bond donors (Lipinski definition) is 1. The van der Waals surface area contributed by atoms with Crippen molar-refractivity contribution < 1.29 is 14.3 Å². The summed E-state index contributed by atoms with van der Waals surface area (Å²) in [6.07, 6.45) is 0. The summed E-state index contributed by atoms with van der Waals surface area (Å²) in [5.41, 5.74) is 0.565. The first-order chi connectivity index (χ1) is 7.58. The summed E-state index contributed by atoms with van der Waals surface area (Å²) in [5.74, 6) is -1.10. The molecule has 0 aliphatic carbocycles. The number of carbonyl (C=O) groups is 1. The second kappa shape index (κ2) is 4.43. The number of carboxylic acid groups (broad SMARTS) is 1. The summed E-state index contributed by atoms with van der Waals surface area (Å²) in [6.45, 7) is 0. The van der Waals surface area contributed by atoms with Crippen LogP contribution in [0.5, 0.6) is 0 Å². The summed E-state index contributed by atoms with van der Waals surface area (Å²) < 4.78 is 13.2. The van der Waals surface area contributed by atoms with E-state index in [4.69, 9.17) is 16.7 Å². The van der Waals surface area contributed by atoms with E-state index in [1.165, 1.54) is 23.9 Å². The first-order valence-electron chi connectivity index (χ1n) is 4.47. The molecule has 3 nitrogen and oxygen atoms in total.